The third-order valence-corrected chi connectivity index (χ3v) is 7.61. The van der Waals surface area contributed by atoms with E-state index in [0.717, 1.165) is 25.9 Å². The summed E-state index contributed by atoms with van der Waals surface area (Å²) in [7, 11) is -1.65. The Labute approximate surface area is 164 Å². The fourth-order valence-electron chi connectivity index (χ4n) is 3.64. The van der Waals surface area contributed by atoms with E-state index in [9.17, 15) is 13.2 Å². The summed E-state index contributed by atoms with van der Waals surface area (Å²) in [5.41, 5.74) is 0.530. The fraction of sp³-hybridized carbons (Fsp3) is 0.650. The molecule has 2 rings (SSSR count). The van der Waals surface area contributed by atoms with Crippen LogP contribution in [-0.4, -0.2) is 73.7 Å². The number of nitrogens with zero attached hydrogens (tertiary/aromatic N) is 3. The Morgan fingerprint density at radius 1 is 1.11 bits per heavy atom. The molecule has 0 saturated carbocycles. The van der Waals surface area contributed by atoms with Gasteiger partial charge in [-0.1, -0.05) is 13.8 Å². The highest BCUT2D eigenvalue weighted by atomic mass is 32.2. The average molecular weight is 396 g/mol. The first-order chi connectivity index (χ1) is 12.7. The van der Waals surface area contributed by atoms with E-state index in [4.69, 9.17) is 0 Å². The van der Waals surface area contributed by atoms with Crippen molar-refractivity contribution in [2.75, 3.05) is 33.2 Å². The van der Waals surface area contributed by atoms with Crippen LogP contribution in [0.2, 0.25) is 0 Å². The smallest absolute Gasteiger partial charge is 0.253 e. The van der Waals surface area contributed by atoms with Crippen LogP contribution in [0, 0.1) is 0 Å². The summed E-state index contributed by atoms with van der Waals surface area (Å²) in [6.07, 6.45) is 1.93. The van der Waals surface area contributed by atoms with E-state index in [1.54, 1.807) is 12.1 Å². The molecule has 0 radical (unpaired) electrons. The lowest BCUT2D eigenvalue weighted by Crippen LogP contribution is -2.47. The molecule has 0 N–H and O–H groups in total. The van der Waals surface area contributed by atoms with E-state index >= 15 is 0 Å². The maximum absolute atomic E-state index is 12.8. The minimum Gasteiger partial charge on any atom is -0.339 e. The first-order valence-electron chi connectivity index (χ1n) is 9.83. The van der Waals surface area contributed by atoms with Crippen molar-refractivity contribution < 1.29 is 13.2 Å². The molecule has 0 bridgehead atoms. The highest BCUT2D eigenvalue weighted by Gasteiger charge is 2.27. The van der Waals surface area contributed by atoms with Crippen LogP contribution in [0.5, 0.6) is 0 Å². The van der Waals surface area contributed by atoms with E-state index < -0.39 is 10.0 Å². The van der Waals surface area contributed by atoms with Gasteiger partial charge < -0.3 is 9.80 Å². The van der Waals surface area contributed by atoms with Crippen molar-refractivity contribution in [3.05, 3.63) is 29.8 Å². The summed E-state index contributed by atoms with van der Waals surface area (Å²) in [6.45, 7) is 10.9. The number of piperidine rings is 1. The predicted octanol–water partition coefficient (Wildman–Crippen LogP) is 2.66. The predicted molar refractivity (Wildman–Crippen MR) is 108 cm³/mol. The van der Waals surface area contributed by atoms with E-state index in [-0.39, 0.29) is 16.8 Å². The fourth-order valence-corrected chi connectivity index (χ4v) is 5.10. The summed E-state index contributed by atoms with van der Waals surface area (Å²) in [5, 5.41) is 0. The van der Waals surface area contributed by atoms with E-state index in [1.165, 1.54) is 16.4 Å². The minimum atomic E-state index is -3.50. The number of hydrogen-bond acceptors (Lipinski definition) is 4. The van der Waals surface area contributed by atoms with E-state index in [1.807, 2.05) is 25.8 Å². The molecule has 0 unspecified atom stereocenters. The van der Waals surface area contributed by atoms with Crippen molar-refractivity contribution >= 4 is 15.9 Å². The Hall–Kier alpha value is -1.44. The summed E-state index contributed by atoms with van der Waals surface area (Å²) in [4.78, 5) is 17.3. The molecule has 1 aromatic carbocycles. The zero-order valence-corrected chi connectivity index (χ0v) is 18.0. The first kappa shape index (κ1) is 21.9. The van der Waals surface area contributed by atoms with Crippen molar-refractivity contribution in [2.24, 2.45) is 0 Å². The van der Waals surface area contributed by atoms with Crippen LogP contribution in [0.15, 0.2) is 29.2 Å². The van der Waals surface area contributed by atoms with Crippen LogP contribution in [0.25, 0.3) is 0 Å². The zero-order chi connectivity index (χ0) is 20.2. The lowest BCUT2D eigenvalue weighted by Gasteiger charge is -2.38. The summed E-state index contributed by atoms with van der Waals surface area (Å²) in [5.74, 6) is -0.0511. The number of sulfonamides is 1. The van der Waals surface area contributed by atoms with E-state index in [2.05, 4.69) is 18.7 Å². The second kappa shape index (κ2) is 9.17. The van der Waals surface area contributed by atoms with Gasteiger partial charge in [-0.3, -0.25) is 4.79 Å². The molecule has 7 heteroatoms. The molecule has 0 aliphatic carbocycles. The molecule has 1 heterocycles. The van der Waals surface area contributed by atoms with Gasteiger partial charge in [-0.05, 0) is 51.0 Å². The van der Waals surface area contributed by atoms with Crippen LogP contribution in [-0.2, 0) is 10.0 Å². The molecule has 1 amide bonds. The van der Waals surface area contributed by atoms with Crippen LogP contribution >= 0.6 is 0 Å². The molecule has 6 nitrogen and oxygen atoms in total. The third kappa shape index (κ3) is 4.89. The van der Waals surface area contributed by atoms with Gasteiger partial charge in [0.05, 0.1) is 4.90 Å². The van der Waals surface area contributed by atoms with Crippen LogP contribution in [0.3, 0.4) is 0 Å². The molecular weight excluding hydrogens is 362 g/mol. The minimum absolute atomic E-state index is 0.0511. The molecule has 1 aliphatic rings. The normalized spacial score (nSPS) is 16.9. The van der Waals surface area contributed by atoms with Gasteiger partial charge in [0.1, 0.15) is 0 Å². The molecule has 152 valence electrons. The molecule has 1 saturated heterocycles. The van der Waals surface area contributed by atoms with Gasteiger partial charge >= 0.3 is 0 Å². The Bertz CT molecular complexity index is 719. The molecule has 1 aliphatic heterocycles. The number of rotatable bonds is 7. The molecule has 1 fully saturated rings. The van der Waals surface area contributed by atoms with Crippen LogP contribution < -0.4 is 0 Å². The van der Waals surface area contributed by atoms with Gasteiger partial charge in [0.2, 0.25) is 10.0 Å². The van der Waals surface area contributed by atoms with Gasteiger partial charge in [-0.15, -0.1) is 0 Å². The molecule has 0 spiro atoms. The Morgan fingerprint density at radius 2 is 1.63 bits per heavy atom. The summed E-state index contributed by atoms with van der Waals surface area (Å²) >= 11 is 0. The second-order valence-electron chi connectivity index (χ2n) is 7.39. The number of hydrogen-bond donors (Lipinski definition) is 0. The highest BCUT2D eigenvalue weighted by molar-refractivity contribution is 7.89. The molecular formula is C20H33N3O3S. The maximum Gasteiger partial charge on any atom is 0.253 e. The monoisotopic (exact) mass is 395 g/mol. The Balaban J connectivity index is 2.07. The van der Waals surface area contributed by atoms with Gasteiger partial charge in [-0.2, -0.15) is 4.31 Å². The average Bonchev–Trinajstić information content (AvgIpc) is 2.67. The summed E-state index contributed by atoms with van der Waals surface area (Å²) in [6, 6.07) is 7.09. The van der Waals surface area contributed by atoms with E-state index in [0.29, 0.717) is 24.7 Å². The van der Waals surface area contributed by atoms with Crippen LogP contribution in [0.1, 0.15) is 50.9 Å². The lowest BCUT2D eigenvalue weighted by atomic mass is 10.0. The zero-order valence-electron chi connectivity index (χ0n) is 17.2. The highest BCUT2D eigenvalue weighted by Crippen LogP contribution is 2.21. The maximum atomic E-state index is 12.8. The van der Waals surface area contributed by atoms with Gasteiger partial charge in [-0.25, -0.2) is 8.42 Å². The lowest BCUT2D eigenvalue weighted by molar-refractivity contribution is 0.0615. The third-order valence-electron chi connectivity index (χ3n) is 5.54. The standard InChI is InChI=1S/C20H33N3O3S/c1-6-23(7-2)27(25,26)19-10-8-17(9-11-19)20(24)21(5)18-12-14-22(15-13-18)16(3)4/h8-11,16,18H,6-7,12-15H2,1-5H3. The number of likely N-dealkylation sites (tertiary alicyclic amines) is 1. The number of amides is 1. The quantitative estimate of drug-likeness (QED) is 0.712. The molecule has 1 aromatic rings. The Kier molecular flexibility index (Phi) is 7.42. The van der Waals surface area contributed by atoms with Gasteiger partial charge in [0.15, 0.2) is 0 Å². The first-order valence-corrected chi connectivity index (χ1v) is 11.3. The number of carbonyl (C=O) groups excluding carboxylic acids is 1. The van der Waals surface area contributed by atoms with Crippen molar-refractivity contribution in [2.45, 2.75) is 57.5 Å². The topological polar surface area (TPSA) is 60.9 Å². The molecule has 0 aromatic heterocycles. The summed E-state index contributed by atoms with van der Waals surface area (Å²) < 4.78 is 26.6. The van der Waals surface area contributed by atoms with Crippen molar-refractivity contribution in [3.63, 3.8) is 0 Å². The van der Waals surface area contributed by atoms with Crippen molar-refractivity contribution in [3.8, 4) is 0 Å². The Morgan fingerprint density at radius 3 is 2.07 bits per heavy atom. The number of benzene rings is 1. The second-order valence-corrected chi connectivity index (χ2v) is 9.33. The number of carbonyl (C=O) groups is 1. The largest absolute Gasteiger partial charge is 0.339 e. The molecule has 0 atom stereocenters. The van der Waals surface area contributed by atoms with Gasteiger partial charge in [0, 0.05) is 50.9 Å². The SMILES string of the molecule is CCN(CC)S(=O)(=O)c1ccc(C(=O)N(C)C2CCN(C(C)C)CC2)cc1. The van der Waals surface area contributed by atoms with Crippen LogP contribution in [0.4, 0.5) is 0 Å². The van der Waals surface area contributed by atoms with Gasteiger partial charge in [0.25, 0.3) is 5.91 Å². The van der Waals surface area contributed by atoms with Crippen molar-refractivity contribution in [1.29, 1.82) is 0 Å². The van der Waals surface area contributed by atoms with Crippen molar-refractivity contribution in [1.82, 2.24) is 14.1 Å². The molecule has 27 heavy (non-hydrogen) atoms.